The van der Waals surface area contributed by atoms with Gasteiger partial charge in [-0.1, -0.05) is 18.3 Å². The first-order valence-corrected chi connectivity index (χ1v) is 10.7. The zero-order valence-corrected chi connectivity index (χ0v) is 14.8. The van der Waals surface area contributed by atoms with Crippen molar-refractivity contribution in [3.8, 4) is 0 Å². The first kappa shape index (κ1) is 16.8. The summed E-state index contributed by atoms with van der Waals surface area (Å²) < 4.78 is 23.2. The Bertz CT molecular complexity index is 669. The summed E-state index contributed by atoms with van der Waals surface area (Å²) >= 11 is 1.45. The molecule has 7 nitrogen and oxygen atoms in total. The Hall–Kier alpha value is -1.06. The van der Waals surface area contributed by atoms with Crippen molar-refractivity contribution < 1.29 is 13.2 Å². The Kier molecular flexibility index (Phi) is 4.98. The number of anilines is 1. The monoisotopic (exact) mass is 358 g/mol. The molecule has 128 valence electrons. The SMILES string of the molecule is CCN(CCC(=O)Nc1nnc(C2CC2)s1)[C@H]1CCS(=O)(=O)C1. The van der Waals surface area contributed by atoms with Crippen LogP contribution in [0.5, 0.6) is 0 Å². The normalized spacial score (nSPS) is 23.3. The Morgan fingerprint density at radius 3 is 2.74 bits per heavy atom. The van der Waals surface area contributed by atoms with Crippen molar-refractivity contribution in [3.63, 3.8) is 0 Å². The highest BCUT2D eigenvalue weighted by Crippen LogP contribution is 2.42. The summed E-state index contributed by atoms with van der Waals surface area (Å²) in [5.41, 5.74) is 0. The molecule has 1 aromatic rings. The highest BCUT2D eigenvalue weighted by Gasteiger charge is 2.31. The maximum absolute atomic E-state index is 12.1. The molecule has 1 aliphatic heterocycles. The fourth-order valence-corrected chi connectivity index (χ4v) is 5.56. The fourth-order valence-electron chi connectivity index (χ4n) is 2.87. The van der Waals surface area contributed by atoms with Crippen LogP contribution in [0, 0.1) is 0 Å². The van der Waals surface area contributed by atoms with E-state index in [0.29, 0.717) is 30.4 Å². The second kappa shape index (κ2) is 6.82. The van der Waals surface area contributed by atoms with E-state index < -0.39 is 9.84 Å². The standard InChI is InChI=1S/C14H22N4O3S2/c1-2-18(11-6-8-23(20,21)9-11)7-5-12(19)15-14-17-16-13(22-14)10-3-4-10/h10-11H,2-9H2,1H3,(H,15,17,19)/t11-/m0/s1. The Labute approximate surface area is 140 Å². The van der Waals surface area contributed by atoms with Crippen molar-refractivity contribution in [2.45, 2.75) is 44.6 Å². The van der Waals surface area contributed by atoms with Gasteiger partial charge in [-0.05, 0) is 25.8 Å². The van der Waals surface area contributed by atoms with Crippen LogP contribution >= 0.6 is 11.3 Å². The molecule has 1 N–H and O–H groups in total. The Morgan fingerprint density at radius 2 is 2.13 bits per heavy atom. The summed E-state index contributed by atoms with van der Waals surface area (Å²) in [6, 6.07) is 0.0424. The second-order valence-electron chi connectivity index (χ2n) is 6.20. The first-order chi connectivity index (χ1) is 11.0. The van der Waals surface area contributed by atoms with E-state index >= 15 is 0 Å². The van der Waals surface area contributed by atoms with Gasteiger partial charge >= 0.3 is 0 Å². The number of nitrogens with one attached hydrogen (secondary N) is 1. The van der Waals surface area contributed by atoms with Crippen LogP contribution in [-0.4, -0.2) is 60.1 Å². The molecule has 0 aromatic carbocycles. The summed E-state index contributed by atoms with van der Waals surface area (Å²) in [5.74, 6) is 0.916. The number of hydrogen-bond acceptors (Lipinski definition) is 7. The van der Waals surface area contributed by atoms with Crippen molar-refractivity contribution in [2.24, 2.45) is 0 Å². The average Bonchev–Trinajstić information content (AvgIpc) is 3.15. The van der Waals surface area contributed by atoms with Gasteiger partial charge in [0.25, 0.3) is 0 Å². The molecule has 1 saturated carbocycles. The number of carbonyl (C=O) groups excluding carboxylic acids is 1. The third kappa shape index (κ3) is 4.48. The van der Waals surface area contributed by atoms with E-state index in [4.69, 9.17) is 0 Å². The van der Waals surface area contributed by atoms with E-state index in [1.54, 1.807) is 0 Å². The smallest absolute Gasteiger partial charge is 0.227 e. The summed E-state index contributed by atoms with van der Waals surface area (Å²) in [5, 5.41) is 12.5. The number of aromatic nitrogens is 2. The minimum absolute atomic E-state index is 0.0424. The number of amides is 1. The molecule has 1 saturated heterocycles. The van der Waals surface area contributed by atoms with Gasteiger partial charge in [0, 0.05) is 24.9 Å². The molecule has 9 heteroatoms. The molecule has 2 fully saturated rings. The quantitative estimate of drug-likeness (QED) is 0.789. The van der Waals surface area contributed by atoms with Crippen molar-refractivity contribution in [1.29, 1.82) is 0 Å². The molecule has 1 amide bonds. The second-order valence-corrected chi connectivity index (χ2v) is 9.44. The molecule has 3 rings (SSSR count). The molecule has 0 radical (unpaired) electrons. The number of carbonyl (C=O) groups is 1. The van der Waals surface area contributed by atoms with Crippen molar-refractivity contribution in [2.75, 3.05) is 29.9 Å². The molecule has 0 unspecified atom stereocenters. The third-order valence-electron chi connectivity index (χ3n) is 4.37. The largest absolute Gasteiger partial charge is 0.300 e. The summed E-state index contributed by atoms with van der Waals surface area (Å²) in [7, 11) is -2.90. The van der Waals surface area contributed by atoms with Gasteiger partial charge < -0.3 is 5.32 Å². The Morgan fingerprint density at radius 1 is 1.35 bits per heavy atom. The van der Waals surface area contributed by atoms with Gasteiger partial charge in [0.2, 0.25) is 11.0 Å². The minimum Gasteiger partial charge on any atom is -0.300 e. The van der Waals surface area contributed by atoms with Crippen molar-refractivity contribution in [1.82, 2.24) is 15.1 Å². The van der Waals surface area contributed by atoms with E-state index in [1.165, 1.54) is 24.2 Å². The molecule has 1 atom stereocenters. The van der Waals surface area contributed by atoms with Gasteiger partial charge in [0.15, 0.2) is 9.84 Å². The number of hydrogen-bond donors (Lipinski definition) is 1. The van der Waals surface area contributed by atoms with Crippen molar-refractivity contribution in [3.05, 3.63) is 5.01 Å². The van der Waals surface area contributed by atoms with Crippen LogP contribution in [0.1, 0.15) is 43.5 Å². The zero-order valence-electron chi connectivity index (χ0n) is 13.2. The fraction of sp³-hybridized carbons (Fsp3) is 0.786. The van der Waals surface area contributed by atoms with Crippen LogP contribution in [-0.2, 0) is 14.6 Å². The van der Waals surface area contributed by atoms with Crippen LogP contribution in [0.4, 0.5) is 5.13 Å². The highest BCUT2D eigenvalue weighted by atomic mass is 32.2. The molecule has 2 aliphatic rings. The van der Waals surface area contributed by atoms with Gasteiger partial charge in [-0.3, -0.25) is 9.69 Å². The predicted molar refractivity (Wildman–Crippen MR) is 89.4 cm³/mol. The Balaban J connectivity index is 1.47. The van der Waals surface area contributed by atoms with E-state index in [2.05, 4.69) is 20.4 Å². The van der Waals surface area contributed by atoms with E-state index in [-0.39, 0.29) is 23.5 Å². The number of nitrogens with zero attached hydrogens (tertiary/aromatic N) is 3. The molecule has 23 heavy (non-hydrogen) atoms. The van der Waals surface area contributed by atoms with Crippen LogP contribution in [0.25, 0.3) is 0 Å². The maximum Gasteiger partial charge on any atom is 0.227 e. The lowest BCUT2D eigenvalue weighted by Crippen LogP contribution is -2.38. The van der Waals surface area contributed by atoms with Crippen molar-refractivity contribution >= 4 is 32.2 Å². The van der Waals surface area contributed by atoms with Gasteiger partial charge in [-0.2, -0.15) is 0 Å². The van der Waals surface area contributed by atoms with E-state index in [9.17, 15) is 13.2 Å². The molecule has 2 heterocycles. The average molecular weight is 358 g/mol. The van der Waals surface area contributed by atoms with Crippen LogP contribution < -0.4 is 5.32 Å². The van der Waals surface area contributed by atoms with E-state index in [1.807, 2.05) is 6.92 Å². The van der Waals surface area contributed by atoms with Gasteiger partial charge in [0.1, 0.15) is 5.01 Å². The number of sulfone groups is 1. The minimum atomic E-state index is -2.90. The van der Waals surface area contributed by atoms with Gasteiger partial charge in [-0.25, -0.2) is 8.42 Å². The molecular formula is C14H22N4O3S2. The summed E-state index contributed by atoms with van der Waals surface area (Å²) in [6.07, 6.45) is 3.33. The molecule has 1 aromatic heterocycles. The van der Waals surface area contributed by atoms with Crippen LogP contribution in [0.2, 0.25) is 0 Å². The topological polar surface area (TPSA) is 92.3 Å². The highest BCUT2D eigenvalue weighted by molar-refractivity contribution is 7.91. The van der Waals surface area contributed by atoms with Crippen LogP contribution in [0.3, 0.4) is 0 Å². The third-order valence-corrected chi connectivity index (χ3v) is 7.12. The zero-order chi connectivity index (χ0) is 16.4. The maximum atomic E-state index is 12.1. The first-order valence-electron chi connectivity index (χ1n) is 8.04. The molecule has 0 spiro atoms. The summed E-state index contributed by atoms with van der Waals surface area (Å²) in [6.45, 7) is 3.31. The number of rotatable bonds is 7. The van der Waals surface area contributed by atoms with E-state index in [0.717, 1.165) is 11.6 Å². The lowest BCUT2D eigenvalue weighted by molar-refractivity contribution is -0.116. The van der Waals surface area contributed by atoms with Gasteiger partial charge in [0.05, 0.1) is 11.5 Å². The molecule has 1 aliphatic carbocycles. The molecular weight excluding hydrogens is 336 g/mol. The van der Waals surface area contributed by atoms with Crippen LogP contribution in [0.15, 0.2) is 0 Å². The predicted octanol–water partition coefficient (Wildman–Crippen LogP) is 1.25. The lowest BCUT2D eigenvalue weighted by atomic mass is 10.2. The van der Waals surface area contributed by atoms with Gasteiger partial charge in [-0.15, -0.1) is 10.2 Å². The summed E-state index contributed by atoms with van der Waals surface area (Å²) in [4.78, 5) is 14.1. The molecule has 0 bridgehead atoms. The lowest BCUT2D eigenvalue weighted by Gasteiger charge is -2.26.